The molecule has 0 aliphatic rings. The average molecular weight is 238 g/mol. The molecule has 0 rings (SSSR count). The minimum atomic E-state index is -1.02. The Morgan fingerprint density at radius 3 is 2.58 bits per heavy atom. The average Bonchev–Trinajstić information content (AvgIpc) is 2.00. The Morgan fingerprint density at radius 2 is 2.17 bits per heavy atom. The molecular weight excluding hydrogens is 226 g/mol. The van der Waals surface area contributed by atoms with Gasteiger partial charge in [0.05, 0.1) is 0 Å². The molecule has 0 aliphatic carbocycles. The molecule has 2 N–H and O–H groups in total. The normalized spacial score (nSPS) is 12.2. The summed E-state index contributed by atoms with van der Waals surface area (Å²) in [5.41, 5.74) is 0. The molecule has 1 unspecified atom stereocenters. The quantitative estimate of drug-likeness (QED) is 0.689. The standard InChI is InChI=1S/C7H12BrNO3/c1-5(3-8)2-6(10)9-4-7(11)12/h5H,2-4H2,1H3,(H,9,10)(H,11,12). The number of amides is 1. The lowest BCUT2D eigenvalue weighted by atomic mass is 10.1. The fraction of sp³-hybridized carbons (Fsp3) is 0.714. The van der Waals surface area contributed by atoms with Gasteiger partial charge in [-0.05, 0) is 5.92 Å². The van der Waals surface area contributed by atoms with Gasteiger partial charge in [-0.15, -0.1) is 0 Å². The lowest BCUT2D eigenvalue weighted by Crippen LogP contribution is -2.30. The van der Waals surface area contributed by atoms with E-state index in [9.17, 15) is 9.59 Å². The van der Waals surface area contributed by atoms with Gasteiger partial charge in [-0.3, -0.25) is 9.59 Å². The summed E-state index contributed by atoms with van der Waals surface area (Å²) in [6.45, 7) is 1.61. The smallest absolute Gasteiger partial charge is 0.322 e. The van der Waals surface area contributed by atoms with Gasteiger partial charge >= 0.3 is 5.97 Å². The van der Waals surface area contributed by atoms with Gasteiger partial charge in [-0.1, -0.05) is 22.9 Å². The van der Waals surface area contributed by atoms with Gasteiger partial charge < -0.3 is 10.4 Å². The van der Waals surface area contributed by atoms with E-state index in [0.717, 1.165) is 5.33 Å². The first-order valence-corrected chi connectivity index (χ1v) is 4.73. The maximum atomic E-state index is 10.9. The van der Waals surface area contributed by atoms with Crippen molar-refractivity contribution in [3.63, 3.8) is 0 Å². The highest BCUT2D eigenvalue weighted by Gasteiger charge is 2.08. The van der Waals surface area contributed by atoms with Crippen molar-refractivity contribution in [2.24, 2.45) is 5.92 Å². The van der Waals surface area contributed by atoms with E-state index in [1.54, 1.807) is 0 Å². The minimum absolute atomic E-state index is 0.218. The largest absolute Gasteiger partial charge is 0.480 e. The molecule has 1 amide bonds. The fourth-order valence-electron chi connectivity index (χ4n) is 0.617. The molecule has 0 saturated carbocycles. The van der Waals surface area contributed by atoms with Gasteiger partial charge in [0.2, 0.25) is 5.91 Å². The maximum absolute atomic E-state index is 10.9. The first-order chi connectivity index (χ1) is 5.56. The van der Waals surface area contributed by atoms with Crippen molar-refractivity contribution >= 4 is 27.8 Å². The number of aliphatic carboxylic acids is 1. The van der Waals surface area contributed by atoms with Crippen LogP contribution >= 0.6 is 15.9 Å². The SMILES string of the molecule is CC(CBr)CC(=O)NCC(=O)O. The van der Waals surface area contributed by atoms with E-state index in [0.29, 0.717) is 6.42 Å². The summed E-state index contributed by atoms with van der Waals surface area (Å²) in [4.78, 5) is 21.0. The summed E-state index contributed by atoms with van der Waals surface area (Å²) in [5, 5.41) is 11.3. The van der Waals surface area contributed by atoms with Crippen molar-refractivity contribution < 1.29 is 14.7 Å². The number of carbonyl (C=O) groups is 2. The predicted molar refractivity (Wildman–Crippen MR) is 48.2 cm³/mol. The van der Waals surface area contributed by atoms with E-state index in [4.69, 9.17) is 5.11 Å². The molecule has 0 aromatic heterocycles. The van der Waals surface area contributed by atoms with Crippen molar-refractivity contribution in [3.8, 4) is 0 Å². The molecule has 70 valence electrons. The van der Waals surface area contributed by atoms with Crippen LogP contribution in [0.3, 0.4) is 0 Å². The summed E-state index contributed by atoms with van der Waals surface area (Å²) >= 11 is 3.23. The summed E-state index contributed by atoms with van der Waals surface area (Å²) in [5.74, 6) is -1.00. The molecule has 0 fully saturated rings. The lowest BCUT2D eigenvalue weighted by Gasteiger charge is -2.06. The van der Waals surface area contributed by atoms with E-state index >= 15 is 0 Å². The number of rotatable bonds is 5. The van der Waals surface area contributed by atoms with Crippen LogP contribution in [0.5, 0.6) is 0 Å². The Hall–Kier alpha value is -0.580. The Labute approximate surface area is 79.5 Å². The molecule has 0 bridgehead atoms. The first kappa shape index (κ1) is 11.4. The Balaban J connectivity index is 3.53. The number of carboxylic acids is 1. The van der Waals surface area contributed by atoms with Crippen molar-refractivity contribution in [1.82, 2.24) is 5.32 Å². The summed E-state index contributed by atoms with van der Waals surface area (Å²) < 4.78 is 0. The van der Waals surface area contributed by atoms with E-state index in [2.05, 4.69) is 21.2 Å². The predicted octanol–water partition coefficient (Wildman–Crippen LogP) is 0.608. The van der Waals surface area contributed by atoms with Gasteiger partial charge in [0.1, 0.15) is 6.54 Å². The molecule has 0 spiro atoms. The first-order valence-electron chi connectivity index (χ1n) is 3.60. The van der Waals surface area contributed by atoms with Crippen LogP contribution in [0.15, 0.2) is 0 Å². The minimum Gasteiger partial charge on any atom is -0.480 e. The van der Waals surface area contributed by atoms with Gasteiger partial charge in [0.25, 0.3) is 0 Å². The zero-order valence-electron chi connectivity index (χ0n) is 6.84. The van der Waals surface area contributed by atoms with Gasteiger partial charge in [-0.2, -0.15) is 0 Å². The van der Waals surface area contributed by atoms with Gasteiger partial charge in [-0.25, -0.2) is 0 Å². The number of halogens is 1. The van der Waals surface area contributed by atoms with E-state index in [-0.39, 0.29) is 18.4 Å². The zero-order chi connectivity index (χ0) is 9.56. The number of alkyl halides is 1. The molecule has 0 aromatic carbocycles. The van der Waals surface area contributed by atoms with E-state index < -0.39 is 5.97 Å². The van der Waals surface area contributed by atoms with Crippen molar-refractivity contribution in [2.45, 2.75) is 13.3 Å². The molecule has 5 heteroatoms. The monoisotopic (exact) mass is 237 g/mol. The summed E-state index contributed by atoms with van der Waals surface area (Å²) in [6, 6.07) is 0. The second kappa shape index (κ2) is 5.99. The third kappa shape index (κ3) is 6.15. The Morgan fingerprint density at radius 1 is 1.58 bits per heavy atom. The number of carboxylic acid groups (broad SMARTS) is 1. The topological polar surface area (TPSA) is 66.4 Å². The van der Waals surface area contributed by atoms with Crippen LogP contribution in [-0.4, -0.2) is 28.9 Å². The maximum Gasteiger partial charge on any atom is 0.322 e. The van der Waals surface area contributed by atoms with Crippen LogP contribution in [0.4, 0.5) is 0 Å². The molecular formula is C7H12BrNO3. The highest BCUT2D eigenvalue weighted by atomic mass is 79.9. The molecule has 12 heavy (non-hydrogen) atoms. The molecule has 0 aliphatic heterocycles. The second-order valence-electron chi connectivity index (χ2n) is 2.63. The summed E-state index contributed by atoms with van der Waals surface area (Å²) in [6.07, 6.45) is 0.360. The number of hydrogen-bond donors (Lipinski definition) is 2. The highest BCUT2D eigenvalue weighted by molar-refractivity contribution is 9.09. The third-order valence-electron chi connectivity index (χ3n) is 1.23. The van der Waals surface area contributed by atoms with Gasteiger partial charge in [0.15, 0.2) is 0 Å². The molecule has 0 heterocycles. The molecule has 0 radical (unpaired) electrons. The fourth-order valence-corrected chi connectivity index (χ4v) is 0.846. The van der Waals surface area contributed by atoms with Crippen molar-refractivity contribution in [2.75, 3.05) is 11.9 Å². The third-order valence-corrected chi connectivity index (χ3v) is 2.34. The number of carbonyl (C=O) groups excluding carboxylic acids is 1. The van der Waals surface area contributed by atoms with Crippen LogP contribution in [0, 0.1) is 5.92 Å². The van der Waals surface area contributed by atoms with Crippen LogP contribution in [-0.2, 0) is 9.59 Å². The van der Waals surface area contributed by atoms with Crippen LogP contribution in [0.2, 0.25) is 0 Å². The van der Waals surface area contributed by atoms with Crippen LogP contribution in [0.25, 0.3) is 0 Å². The second-order valence-corrected chi connectivity index (χ2v) is 3.28. The van der Waals surface area contributed by atoms with E-state index in [1.165, 1.54) is 0 Å². The molecule has 0 saturated heterocycles. The highest BCUT2D eigenvalue weighted by Crippen LogP contribution is 2.04. The number of hydrogen-bond acceptors (Lipinski definition) is 2. The van der Waals surface area contributed by atoms with Crippen molar-refractivity contribution in [1.29, 1.82) is 0 Å². The Kier molecular flexibility index (Phi) is 5.70. The zero-order valence-corrected chi connectivity index (χ0v) is 8.43. The Bertz CT molecular complexity index is 172. The molecule has 1 atom stereocenters. The molecule has 4 nitrogen and oxygen atoms in total. The van der Waals surface area contributed by atoms with Gasteiger partial charge in [0, 0.05) is 11.8 Å². The van der Waals surface area contributed by atoms with Crippen LogP contribution < -0.4 is 5.32 Å². The van der Waals surface area contributed by atoms with Crippen molar-refractivity contribution in [3.05, 3.63) is 0 Å². The summed E-state index contributed by atoms with van der Waals surface area (Å²) in [7, 11) is 0. The number of nitrogens with one attached hydrogen (secondary N) is 1. The molecule has 0 aromatic rings. The lowest BCUT2D eigenvalue weighted by molar-refractivity contribution is -0.138. The van der Waals surface area contributed by atoms with E-state index in [1.807, 2.05) is 6.92 Å². The van der Waals surface area contributed by atoms with Crippen LogP contribution in [0.1, 0.15) is 13.3 Å².